The molecule has 1 aliphatic rings. The molecule has 1 N–H and O–H groups in total. The van der Waals surface area contributed by atoms with Crippen molar-refractivity contribution in [3.05, 3.63) is 83.2 Å². The van der Waals surface area contributed by atoms with E-state index in [-0.39, 0.29) is 6.04 Å². The first kappa shape index (κ1) is 18.6. The van der Waals surface area contributed by atoms with Crippen LogP contribution in [0, 0.1) is 13.8 Å². The van der Waals surface area contributed by atoms with Gasteiger partial charge in [0.1, 0.15) is 5.75 Å². The van der Waals surface area contributed by atoms with Gasteiger partial charge in [-0.05, 0) is 73.1 Å². The van der Waals surface area contributed by atoms with Crippen molar-refractivity contribution in [1.29, 1.82) is 0 Å². The number of hydrogen-bond donors (Lipinski definition) is 1. The smallest absolute Gasteiger partial charge is 0.174 e. The van der Waals surface area contributed by atoms with Crippen LogP contribution in [0.2, 0.25) is 0 Å². The molecule has 3 aromatic rings. The molecule has 4 rings (SSSR count). The fraction of sp³-hybridized carbons (Fsp3) is 0.261. The lowest BCUT2D eigenvalue weighted by Crippen LogP contribution is -2.44. The molecule has 144 valence electrons. The van der Waals surface area contributed by atoms with E-state index in [1.807, 2.05) is 12.1 Å². The Morgan fingerprint density at radius 3 is 2.61 bits per heavy atom. The van der Waals surface area contributed by atoms with Gasteiger partial charge in [-0.2, -0.15) is 0 Å². The van der Waals surface area contributed by atoms with Crippen LogP contribution in [0.1, 0.15) is 28.4 Å². The molecule has 2 heterocycles. The summed E-state index contributed by atoms with van der Waals surface area (Å²) in [7, 11) is 1.69. The highest BCUT2D eigenvalue weighted by Crippen LogP contribution is 2.34. The number of ether oxygens (including phenoxy) is 1. The zero-order valence-electron chi connectivity index (χ0n) is 16.5. The largest absolute Gasteiger partial charge is 0.497 e. The van der Waals surface area contributed by atoms with E-state index < -0.39 is 0 Å². The number of thiocarbonyl (C=S) groups is 1. The van der Waals surface area contributed by atoms with Crippen LogP contribution < -0.4 is 10.1 Å². The summed E-state index contributed by atoms with van der Waals surface area (Å²) in [6.45, 7) is 5.98. The fourth-order valence-corrected chi connectivity index (χ4v) is 4.10. The quantitative estimate of drug-likeness (QED) is 0.642. The lowest BCUT2D eigenvalue weighted by molar-refractivity contribution is 0.293. The molecular weight excluding hydrogens is 366 g/mol. The topological polar surface area (TPSA) is 29.4 Å². The van der Waals surface area contributed by atoms with E-state index >= 15 is 0 Å². The second-order valence-electron chi connectivity index (χ2n) is 7.24. The summed E-state index contributed by atoms with van der Waals surface area (Å²) >= 11 is 5.87. The summed E-state index contributed by atoms with van der Waals surface area (Å²) in [6.07, 6.45) is 2.14. The first-order valence-corrected chi connectivity index (χ1v) is 9.91. The highest BCUT2D eigenvalue weighted by atomic mass is 32.1. The molecule has 1 aromatic heterocycles. The molecule has 0 fully saturated rings. The van der Waals surface area contributed by atoms with Gasteiger partial charge in [0.25, 0.3) is 0 Å². The average molecular weight is 392 g/mol. The van der Waals surface area contributed by atoms with Crippen molar-refractivity contribution in [3.63, 3.8) is 0 Å². The number of fused-ring (bicyclic) bond motifs is 1. The zero-order chi connectivity index (χ0) is 19.7. The maximum Gasteiger partial charge on any atom is 0.174 e. The average Bonchev–Trinajstić information content (AvgIpc) is 3.19. The number of aromatic nitrogens is 1. The zero-order valence-corrected chi connectivity index (χ0v) is 17.3. The predicted octanol–water partition coefficient (Wildman–Crippen LogP) is 4.92. The molecule has 0 saturated heterocycles. The Balaban J connectivity index is 1.67. The fourth-order valence-electron chi connectivity index (χ4n) is 3.80. The Labute approximate surface area is 171 Å². The molecule has 0 radical (unpaired) electrons. The van der Waals surface area contributed by atoms with Gasteiger partial charge in [-0.3, -0.25) is 0 Å². The second kappa shape index (κ2) is 7.68. The van der Waals surface area contributed by atoms with Crippen molar-refractivity contribution < 1.29 is 4.74 Å². The maximum atomic E-state index is 5.87. The van der Waals surface area contributed by atoms with Gasteiger partial charge in [0.05, 0.1) is 13.2 Å². The van der Waals surface area contributed by atoms with Crippen molar-refractivity contribution in [2.24, 2.45) is 0 Å². The molecule has 0 amide bonds. The Bertz CT molecular complexity index is 993. The minimum atomic E-state index is 0.0692. The third-order valence-corrected chi connectivity index (χ3v) is 5.70. The van der Waals surface area contributed by atoms with Crippen LogP contribution >= 0.6 is 12.2 Å². The highest BCUT2D eigenvalue weighted by molar-refractivity contribution is 7.80. The summed E-state index contributed by atoms with van der Waals surface area (Å²) in [6, 6.07) is 19.0. The van der Waals surface area contributed by atoms with Crippen LogP contribution in [0.15, 0.2) is 60.8 Å². The number of aryl methyl sites for hydroxylation is 2. The molecule has 0 aliphatic carbocycles. The number of benzene rings is 2. The van der Waals surface area contributed by atoms with Crippen molar-refractivity contribution in [1.82, 2.24) is 9.47 Å². The Morgan fingerprint density at radius 1 is 1.07 bits per heavy atom. The number of hydrogen-bond acceptors (Lipinski definition) is 2. The van der Waals surface area contributed by atoms with Gasteiger partial charge in [0.15, 0.2) is 5.11 Å². The summed E-state index contributed by atoms with van der Waals surface area (Å²) < 4.78 is 7.64. The van der Waals surface area contributed by atoms with Crippen LogP contribution in [-0.4, -0.2) is 28.2 Å². The van der Waals surface area contributed by atoms with Gasteiger partial charge in [0, 0.05) is 30.7 Å². The number of anilines is 1. The Kier molecular flexibility index (Phi) is 5.09. The van der Waals surface area contributed by atoms with Crippen LogP contribution in [0.5, 0.6) is 5.75 Å². The Hall–Kier alpha value is -2.79. The van der Waals surface area contributed by atoms with E-state index in [1.54, 1.807) is 7.11 Å². The standard InChI is InChI=1S/C23H25N3OS/c1-16-6-7-17(2)20(15-16)24-23(28)26-14-13-25-12-4-5-21(25)22(26)18-8-10-19(27-3)11-9-18/h4-12,15,22H,13-14H2,1-3H3,(H,24,28)/t22-/m1/s1. The molecule has 1 aliphatic heterocycles. The molecule has 4 nitrogen and oxygen atoms in total. The first-order chi connectivity index (χ1) is 13.6. The van der Waals surface area contributed by atoms with E-state index in [9.17, 15) is 0 Å². The number of nitrogens with one attached hydrogen (secondary N) is 1. The van der Waals surface area contributed by atoms with Crippen LogP contribution in [-0.2, 0) is 6.54 Å². The van der Waals surface area contributed by atoms with E-state index in [4.69, 9.17) is 17.0 Å². The molecule has 5 heteroatoms. The van der Waals surface area contributed by atoms with Crippen LogP contribution in [0.25, 0.3) is 0 Å². The van der Waals surface area contributed by atoms with E-state index in [0.29, 0.717) is 0 Å². The van der Waals surface area contributed by atoms with Gasteiger partial charge in [-0.1, -0.05) is 24.3 Å². The lowest BCUT2D eigenvalue weighted by Gasteiger charge is -2.39. The summed E-state index contributed by atoms with van der Waals surface area (Å²) in [5.74, 6) is 0.859. The first-order valence-electron chi connectivity index (χ1n) is 9.50. The van der Waals surface area contributed by atoms with Crippen LogP contribution in [0.3, 0.4) is 0 Å². The summed E-state index contributed by atoms with van der Waals surface area (Å²) in [4.78, 5) is 2.29. The molecule has 0 unspecified atom stereocenters. The number of rotatable bonds is 3. The molecule has 0 spiro atoms. The van der Waals surface area contributed by atoms with Gasteiger partial charge in [-0.25, -0.2) is 0 Å². The number of nitrogens with zero attached hydrogens (tertiary/aromatic N) is 2. The van der Waals surface area contributed by atoms with Gasteiger partial charge in [-0.15, -0.1) is 0 Å². The monoisotopic (exact) mass is 391 g/mol. The molecule has 1 atom stereocenters. The Morgan fingerprint density at radius 2 is 1.86 bits per heavy atom. The SMILES string of the molecule is COc1ccc([C@@H]2c3cccn3CCN2C(=S)Nc2cc(C)ccc2C)cc1. The van der Waals surface area contributed by atoms with Crippen LogP contribution in [0.4, 0.5) is 5.69 Å². The van der Waals surface area contributed by atoms with Gasteiger partial charge < -0.3 is 19.5 Å². The van der Waals surface area contributed by atoms with Gasteiger partial charge in [0.2, 0.25) is 0 Å². The van der Waals surface area contributed by atoms with E-state index in [2.05, 4.69) is 77.3 Å². The van der Waals surface area contributed by atoms with E-state index in [0.717, 1.165) is 29.6 Å². The summed E-state index contributed by atoms with van der Waals surface area (Å²) in [5.41, 5.74) is 5.93. The second-order valence-corrected chi connectivity index (χ2v) is 7.63. The molecule has 0 saturated carbocycles. The molecule has 28 heavy (non-hydrogen) atoms. The highest BCUT2D eigenvalue weighted by Gasteiger charge is 2.30. The minimum Gasteiger partial charge on any atom is -0.497 e. The third kappa shape index (κ3) is 3.50. The van der Waals surface area contributed by atoms with E-state index in [1.165, 1.54) is 22.4 Å². The maximum absolute atomic E-state index is 5.87. The predicted molar refractivity (Wildman–Crippen MR) is 118 cm³/mol. The molecule has 0 bridgehead atoms. The third-order valence-electron chi connectivity index (χ3n) is 5.37. The lowest BCUT2D eigenvalue weighted by atomic mass is 10.00. The molecular formula is C23H25N3OS. The van der Waals surface area contributed by atoms with Crippen molar-refractivity contribution in [2.75, 3.05) is 19.0 Å². The van der Waals surface area contributed by atoms with Crippen molar-refractivity contribution in [2.45, 2.75) is 26.4 Å². The van der Waals surface area contributed by atoms with Crippen molar-refractivity contribution in [3.8, 4) is 5.75 Å². The van der Waals surface area contributed by atoms with Gasteiger partial charge >= 0.3 is 0 Å². The normalized spacial score (nSPS) is 15.8. The minimum absolute atomic E-state index is 0.0692. The molecule has 2 aromatic carbocycles. The summed E-state index contributed by atoms with van der Waals surface area (Å²) in [5, 5.41) is 4.24. The van der Waals surface area contributed by atoms with Crippen molar-refractivity contribution >= 4 is 23.0 Å². The number of methoxy groups -OCH3 is 1.